The van der Waals surface area contributed by atoms with Crippen LogP contribution in [0.4, 0.5) is 0 Å². The topological polar surface area (TPSA) is 109 Å². The molecule has 0 bridgehead atoms. The lowest BCUT2D eigenvalue weighted by atomic mass is 10.4. The lowest BCUT2D eigenvalue weighted by molar-refractivity contribution is -0.193. The summed E-state index contributed by atoms with van der Waals surface area (Å²) in [5, 5.41) is 7.24. The summed E-state index contributed by atoms with van der Waals surface area (Å²) in [5.74, 6) is 0. The summed E-state index contributed by atoms with van der Waals surface area (Å²) in [4.78, 5) is 47.0. The highest BCUT2D eigenvalue weighted by Crippen LogP contribution is 2.06. The third-order valence-electron chi connectivity index (χ3n) is 1.92. The average Bonchev–Trinajstić information content (AvgIpc) is 3.44. The van der Waals surface area contributed by atoms with Gasteiger partial charge in [0.25, 0.3) is 0 Å². The Kier molecular flexibility index (Phi) is 44.2. The largest absolute Gasteiger partial charge is 0.373 e. The van der Waals surface area contributed by atoms with Gasteiger partial charge in [0.15, 0.2) is 6.29 Å². The fraction of sp³-hybridized carbons (Fsp3) is 0.312. The number of thiophene rings is 2. The zero-order chi connectivity index (χ0) is 22.5. The van der Waals surface area contributed by atoms with Crippen molar-refractivity contribution in [2.24, 2.45) is 0 Å². The number of aldehydes is 1. The molecule has 7 nitrogen and oxygen atoms in total. The Balaban J connectivity index is -0.000000136. The smallest absolute Gasteiger partial charge is 0.312 e. The van der Waals surface area contributed by atoms with Gasteiger partial charge >= 0.3 is 12.3 Å². The van der Waals surface area contributed by atoms with Gasteiger partial charge < -0.3 is 5.32 Å². The van der Waals surface area contributed by atoms with Crippen molar-refractivity contribution >= 4 is 75.4 Å². The Hall–Kier alpha value is -1.52. The molecule has 0 aliphatic rings. The van der Waals surface area contributed by atoms with Gasteiger partial charge in [0, 0.05) is 40.3 Å². The fourth-order valence-corrected chi connectivity index (χ4v) is 2.22. The molecule has 0 aliphatic heterocycles. The number of halogens is 1. The van der Waals surface area contributed by atoms with E-state index in [1.807, 2.05) is 18.4 Å². The molecule has 28 heavy (non-hydrogen) atoms. The van der Waals surface area contributed by atoms with Crippen LogP contribution in [-0.2, 0) is 48.1 Å². The van der Waals surface area contributed by atoms with E-state index >= 15 is 0 Å². The van der Waals surface area contributed by atoms with Crippen LogP contribution in [0.25, 0.3) is 0 Å². The lowest BCUT2D eigenvalue weighted by Gasteiger charge is -1.94. The third-order valence-corrected chi connectivity index (χ3v) is 3.86. The second kappa shape index (κ2) is 36.4. The molecule has 0 aromatic carbocycles. The van der Waals surface area contributed by atoms with Crippen LogP contribution < -0.4 is 10.2 Å². The first-order chi connectivity index (χ1) is 13.6. The molecule has 0 aliphatic carbocycles. The molecular weight excluding hydrogens is 464 g/mol. The van der Waals surface area contributed by atoms with Crippen LogP contribution >= 0.6 is 34.5 Å². The highest BCUT2D eigenvalue weighted by molar-refractivity contribution is 8.07. The van der Waals surface area contributed by atoms with E-state index in [0.29, 0.717) is 0 Å². The number of hydrogen-bond acceptors (Lipinski definition) is 11. The number of carbonyl (C=O) groups excluding carboxylic acids is 5. The van der Waals surface area contributed by atoms with Crippen LogP contribution in [0.3, 0.4) is 0 Å². The number of hydrogen-bond donors (Lipinski definition) is 2. The summed E-state index contributed by atoms with van der Waals surface area (Å²) in [5.41, 5.74) is 0. The zero-order valence-corrected chi connectivity index (χ0v) is 19.2. The normalized spacial score (nSPS) is 7.11. The highest BCUT2D eigenvalue weighted by atomic mass is 35.5. The highest BCUT2D eigenvalue weighted by Gasteiger charge is 1.88. The minimum Gasteiger partial charge on any atom is -0.312 e. The maximum atomic E-state index is 9.88. The fourth-order valence-electron chi connectivity index (χ4n) is 1.02. The molecule has 0 saturated carbocycles. The molecule has 12 heteroatoms. The summed E-state index contributed by atoms with van der Waals surface area (Å²) in [7, 11) is 0. The number of nitrogens with one attached hydrogen (secondary N) is 2. The van der Waals surface area contributed by atoms with Crippen LogP contribution in [0.15, 0.2) is 35.0 Å². The Morgan fingerprint density at radius 1 is 1.00 bits per heavy atom. The van der Waals surface area contributed by atoms with E-state index < -0.39 is 0 Å². The molecule has 2 heterocycles. The van der Waals surface area contributed by atoms with Crippen molar-refractivity contribution < 1.29 is 24.0 Å². The van der Waals surface area contributed by atoms with Gasteiger partial charge in [-0.15, -0.1) is 22.7 Å². The summed E-state index contributed by atoms with van der Waals surface area (Å²) in [6, 6.07) is 7.87. The summed E-state index contributed by atoms with van der Waals surface area (Å²) >= 11 is 15.5. The van der Waals surface area contributed by atoms with Crippen LogP contribution in [0.1, 0.15) is 28.4 Å². The van der Waals surface area contributed by atoms with Crippen LogP contribution in [0.5, 0.6) is 0 Å². The van der Waals surface area contributed by atoms with Crippen molar-refractivity contribution in [3.8, 4) is 0 Å². The molecule has 0 atom stereocenters. The Labute approximate surface area is 187 Å². The first kappa shape index (κ1) is 34.0. The van der Waals surface area contributed by atoms with Gasteiger partial charge in [-0.3, -0.25) is 4.79 Å². The monoisotopic (exact) mass is 484 g/mol. The molecule has 0 unspecified atom stereocenters. The van der Waals surface area contributed by atoms with Gasteiger partial charge in [-0.25, -0.2) is 4.84 Å². The molecule has 2 aromatic rings. The van der Waals surface area contributed by atoms with E-state index in [2.05, 4.69) is 57.0 Å². The van der Waals surface area contributed by atoms with Crippen molar-refractivity contribution in [2.45, 2.75) is 20.4 Å². The number of carbonyl (C=O) groups is 1. The van der Waals surface area contributed by atoms with Crippen molar-refractivity contribution in [3.63, 3.8) is 0 Å². The van der Waals surface area contributed by atoms with Crippen LogP contribution in [0.2, 0.25) is 0 Å². The Morgan fingerprint density at radius 3 is 1.71 bits per heavy atom. The van der Waals surface area contributed by atoms with Crippen molar-refractivity contribution in [1.82, 2.24) is 10.2 Å². The minimum atomic E-state index is 0.250. The van der Waals surface area contributed by atoms with Crippen molar-refractivity contribution in [1.29, 1.82) is 0 Å². The summed E-state index contributed by atoms with van der Waals surface area (Å²) in [6.07, 6.45) is 1.35. The van der Waals surface area contributed by atoms with E-state index in [4.69, 9.17) is 31.0 Å². The first-order valence-corrected chi connectivity index (χ1v) is 10.8. The predicted molar refractivity (Wildman–Crippen MR) is 116 cm³/mol. The van der Waals surface area contributed by atoms with Gasteiger partial charge in [0.05, 0.1) is 4.88 Å². The second-order valence-corrected chi connectivity index (χ2v) is 5.93. The van der Waals surface area contributed by atoms with Gasteiger partial charge in [-0.2, -0.15) is 19.2 Å². The molecule has 0 radical (unpaired) electrons. The molecule has 0 amide bonds. The van der Waals surface area contributed by atoms with Gasteiger partial charge in [-0.05, 0) is 41.2 Å². The predicted octanol–water partition coefficient (Wildman–Crippen LogP) is 3.00. The first-order valence-electron chi connectivity index (χ1n) is 7.32. The molecule has 2 rings (SSSR count). The molecule has 0 spiro atoms. The minimum absolute atomic E-state index is 0.250. The van der Waals surface area contributed by atoms with Gasteiger partial charge in [0.2, 0.25) is 0 Å². The molecular formula is C16H21ClN2O5S4. The van der Waals surface area contributed by atoms with Gasteiger partial charge in [0.1, 0.15) is 0 Å². The van der Waals surface area contributed by atoms with E-state index in [0.717, 1.165) is 30.8 Å². The van der Waals surface area contributed by atoms with E-state index in [1.165, 1.54) is 16.2 Å². The molecule has 0 saturated heterocycles. The average molecular weight is 485 g/mol. The molecule has 156 valence electrons. The van der Waals surface area contributed by atoms with E-state index in [-0.39, 0.29) is 12.3 Å². The maximum Gasteiger partial charge on any atom is 0.373 e. The summed E-state index contributed by atoms with van der Waals surface area (Å²) in [6.45, 7) is 6.97. The second-order valence-electron chi connectivity index (χ2n) is 3.65. The SMILES string of the molecule is CCNCc1cccs1.CCNCl.O=C=O.O=C=O.O=Cc1cccs1.S=S. The lowest BCUT2D eigenvalue weighted by Crippen LogP contribution is -2.10. The standard InChI is InChI=1S/C7H11NS.C5H4OS.C2H6ClN.2CO2.S2/c1-2-8-6-7-4-3-5-9-7;6-4-5-2-1-3-7-5;1-2-4-3;2*2-1-3;1-2/h3-5,8H,2,6H2,1H3;1-4H;4H,2H2,1H3;;;. The Bertz CT molecular complexity index is 572. The van der Waals surface area contributed by atoms with E-state index in [1.54, 1.807) is 17.4 Å². The van der Waals surface area contributed by atoms with Crippen LogP contribution in [0, 0.1) is 0 Å². The van der Waals surface area contributed by atoms with Crippen molar-refractivity contribution in [3.05, 3.63) is 44.8 Å². The van der Waals surface area contributed by atoms with Gasteiger partial charge in [-0.1, -0.05) is 26.0 Å². The van der Waals surface area contributed by atoms with Crippen molar-refractivity contribution in [2.75, 3.05) is 13.1 Å². The third kappa shape index (κ3) is 35.6. The number of rotatable bonds is 5. The zero-order valence-electron chi connectivity index (χ0n) is 15.2. The molecule has 2 N–H and O–H groups in total. The molecule has 0 fully saturated rings. The quantitative estimate of drug-likeness (QED) is 0.488. The van der Waals surface area contributed by atoms with Crippen LogP contribution in [-0.4, -0.2) is 31.7 Å². The Morgan fingerprint density at radius 2 is 1.46 bits per heavy atom. The maximum absolute atomic E-state index is 9.88. The summed E-state index contributed by atoms with van der Waals surface area (Å²) < 4.78 is 0. The molecule has 2 aromatic heterocycles. The van der Waals surface area contributed by atoms with E-state index in [9.17, 15) is 4.79 Å².